The molecule has 1 aliphatic rings. The number of carbonyl (C=O) groups excluding carboxylic acids is 1. The van der Waals surface area contributed by atoms with Crippen molar-refractivity contribution in [3.63, 3.8) is 0 Å². The first-order chi connectivity index (χ1) is 9.19. The largest absolute Gasteiger partial charge is 0.381 e. The van der Waals surface area contributed by atoms with Crippen LogP contribution in [0.25, 0.3) is 0 Å². The van der Waals surface area contributed by atoms with Gasteiger partial charge in [-0.15, -0.1) is 0 Å². The van der Waals surface area contributed by atoms with Gasteiger partial charge in [0.1, 0.15) is 11.0 Å². The van der Waals surface area contributed by atoms with E-state index in [1.54, 1.807) is 6.07 Å². The Labute approximate surface area is 116 Å². The molecule has 0 spiro atoms. The Kier molecular flexibility index (Phi) is 4.95. The van der Waals surface area contributed by atoms with Gasteiger partial charge < -0.3 is 15.5 Å². The number of pyridine rings is 1. The van der Waals surface area contributed by atoms with Gasteiger partial charge in [0.25, 0.3) is 5.91 Å². The van der Waals surface area contributed by atoms with Crippen molar-refractivity contribution >= 4 is 23.3 Å². The van der Waals surface area contributed by atoms with Crippen LogP contribution in [-0.4, -0.2) is 30.6 Å². The van der Waals surface area contributed by atoms with Crippen LogP contribution in [0.3, 0.4) is 0 Å². The molecule has 0 bridgehead atoms. The molecule has 0 aromatic carbocycles. The minimum absolute atomic E-state index is 0.174. The van der Waals surface area contributed by atoms with Crippen LogP contribution in [0.5, 0.6) is 0 Å². The van der Waals surface area contributed by atoms with Crippen LogP contribution in [0.2, 0.25) is 5.15 Å². The molecule has 2 heterocycles. The first-order valence-corrected chi connectivity index (χ1v) is 6.57. The zero-order valence-corrected chi connectivity index (χ0v) is 11.2. The molecular weight excluding hydrogens is 268 g/mol. The average molecular weight is 285 g/mol. The third-order valence-corrected chi connectivity index (χ3v) is 3.29. The van der Waals surface area contributed by atoms with E-state index in [9.17, 15) is 4.79 Å². The summed E-state index contributed by atoms with van der Waals surface area (Å²) in [4.78, 5) is 15.9. The monoisotopic (exact) mass is 284 g/mol. The molecule has 1 amide bonds. The third-order valence-electron chi connectivity index (χ3n) is 3.10. The molecule has 1 aromatic rings. The van der Waals surface area contributed by atoms with E-state index in [0.717, 1.165) is 26.1 Å². The summed E-state index contributed by atoms with van der Waals surface area (Å²) in [5.41, 5.74) is 2.82. The van der Waals surface area contributed by atoms with Crippen LogP contribution in [0.1, 0.15) is 23.2 Å². The van der Waals surface area contributed by atoms with E-state index in [-0.39, 0.29) is 11.1 Å². The van der Waals surface area contributed by atoms with Crippen molar-refractivity contribution in [3.05, 3.63) is 22.8 Å². The number of hydrogen-bond donors (Lipinski definition) is 3. The van der Waals surface area contributed by atoms with Crippen molar-refractivity contribution in [2.45, 2.75) is 12.8 Å². The highest BCUT2D eigenvalue weighted by Crippen LogP contribution is 2.15. The fourth-order valence-corrected chi connectivity index (χ4v) is 2.20. The SMILES string of the molecule is NNc1cc(C(=O)NCC2CCOCC2)cc(Cl)n1. The number of ether oxygens (including phenoxy) is 1. The summed E-state index contributed by atoms with van der Waals surface area (Å²) in [6, 6.07) is 3.08. The number of rotatable bonds is 4. The number of halogens is 1. The number of hydrogen-bond acceptors (Lipinski definition) is 5. The summed E-state index contributed by atoms with van der Waals surface area (Å²) in [6.07, 6.45) is 1.96. The molecule has 0 radical (unpaired) electrons. The van der Waals surface area contributed by atoms with Gasteiger partial charge in [-0.1, -0.05) is 11.6 Å². The second-order valence-electron chi connectivity index (χ2n) is 4.47. The van der Waals surface area contributed by atoms with Gasteiger partial charge >= 0.3 is 0 Å². The average Bonchev–Trinajstić information content (AvgIpc) is 2.45. The van der Waals surface area contributed by atoms with Crippen LogP contribution in [0, 0.1) is 5.92 Å². The highest BCUT2D eigenvalue weighted by Gasteiger charge is 2.15. The zero-order valence-electron chi connectivity index (χ0n) is 10.5. The highest BCUT2D eigenvalue weighted by molar-refractivity contribution is 6.29. The molecule has 0 saturated carbocycles. The van der Waals surface area contributed by atoms with E-state index < -0.39 is 0 Å². The van der Waals surface area contributed by atoms with Gasteiger partial charge in [0.05, 0.1) is 0 Å². The summed E-state index contributed by atoms with van der Waals surface area (Å²) in [6.45, 7) is 2.18. The van der Waals surface area contributed by atoms with E-state index in [2.05, 4.69) is 15.7 Å². The number of anilines is 1. The molecule has 1 fully saturated rings. The van der Waals surface area contributed by atoms with Crippen LogP contribution in [-0.2, 0) is 4.74 Å². The van der Waals surface area contributed by atoms with Gasteiger partial charge in [-0.3, -0.25) is 4.79 Å². The van der Waals surface area contributed by atoms with E-state index in [1.165, 1.54) is 6.07 Å². The Morgan fingerprint density at radius 2 is 2.21 bits per heavy atom. The van der Waals surface area contributed by atoms with Crippen LogP contribution >= 0.6 is 11.6 Å². The van der Waals surface area contributed by atoms with E-state index >= 15 is 0 Å². The topological polar surface area (TPSA) is 89.3 Å². The first-order valence-electron chi connectivity index (χ1n) is 6.19. The summed E-state index contributed by atoms with van der Waals surface area (Å²) in [5.74, 6) is 5.93. The maximum Gasteiger partial charge on any atom is 0.251 e. The lowest BCUT2D eigenvalue weighted by Gasteiger charge is -2.22. The number of nitrogens with one attached hydrogen (secondary N) is 2. The van der Waals surface area contributed by atoms with Crippen molar-refractivity contribution in [2.75, 3.05) is 25.2 Å². The van der Waals surface area contributed by atoms with Crippen molar-refractivity contribution in [1.29, 1.82) is 0 Å². The fourth-order valence-electron chi connectivity index (χ4n) is 1.99. The zero-order chi connectivity index (χ0) is 13.7. The minimum Gasteiger partial charge on any atom is -0.381 e. The molecule has 104 valence electrons. The number of aromatic nitrogens is 1. The maximum absolute atomic E-state index is 12.0. The van der Waals surface area contributed by atoms with Crippen LogP contribution < -0.4 is 16.6 Å². The predicted octanol–water partition coefficient (Wildman–Crippen LogP) is 1.18. The molecule has 2 rings (SSSR count). The summed E-state index contributed by atoms with van der Waals surface area (Å²) < 4.78 is 5.28. The smallest absolute Gasteiger partial charge is 0.251 e. The number of nitrogens with two attached hydrogens (primary N) is 1. The Balaban J connectivity index is 1.93. The van der Waals surface area contributed by atoms with Gasteiger partial charge in [-0.05, 0) is 30.9 Å². The first kappa shape index (κ1) is 14.0. The standard InChI is InChI=1S/C12H17ClN4O2/c13-10-5-9(6-11(16-10)17-14)12(18)15-7-8-1-3-19-4-2-8/h5-6,8H,1-4,7,14H2,(H,15,18)(H,16,17). The molecule has 1 aromatic heterocycles. The number of nitrogens with zero attached hydrogens (tertiary/aromatic N) is 1. The molecule has 1 aliphatic heterocycles. The minimum atomic E-state index is -0.174. The molecule has 6 nitrogen and oxygen atoms in total. The summed E-state index contributed by atoms with van der Waals surface area (Å²) in [5, 5.41) is 3.13. The maximum atomic E-state index is 12.0. The Morgan fingerprint density at radius 3 is 2.89 bits per heavy atom. The van der Waals surface area contributed by atoms with Gasteiger partial charge in [-0.25, -0.2) is 10.8 Å². The van der Waals surface area contributed by atoms with Gasteiger partial charge in [-0.2, -0.15) is 0 Å². The van der Waals surface area contributed by atoms with Crippen LogP contribution in [0.15, 0.2) is 12.1 Å². The lowest BCUT2D eigenvalue weighted by atomic mass is 10.0. The Hall–Kier alpha value is -1.37. The number of carbonyl (C=O) groups is 1. The van der Waals surface area contributed by atoms with E-state index in [4.69, 9.17) is 22.2 Å². The van der Waals surface area contributed by atoms with Gasteiger partial charge in [0.2, 0.25) is 0 Å². The molecule has 4 N–H and O–H groups in total. The number of nitrogen functional groups attached to an aromatic ring is 1. The molecule has 7 heteroatoms. The highest BCUT2D eigenvalue weighted by atomic mass is 35.5. The second-order valence-corrected chi connectivity index (χ2v) is 4.86. The predicted molar refractivity (Wildman–Crippen MR) is 72.9 cm³/mol. The molecular formula is C12H17ClN4O2. The summed E-state index contributed by atoms with van der Waals surface area (Å²) >= 11 is 5.82. The van der Waals surface area contributed by atoms with Crippen molar-refractivity contribution in [3.8, 4) is 0 Å². The molecule has 19 heavy (non-hydrogen) atoms. The van der Waals surface area contributed by atoms with Crippen molar-refractivity contribution in [1.82, 2.24) is 10.3 Å². The number of hydrazine groups is 1. The molecule has 0 aliphatic carbocycles. The summed E-state index contributed by atoms with van der Waals surface area (Å²) in [7, 11) is 0. The molecule has 0 atom stereocenters. The van der Waals surface area contributed by atoms with Crippen LogP contribution in [0.4, 0.5) is 5.82 Å². The quantitative estimate of drug-likeness (QED) is 0.439. The van der Waals surface area contributed by atoms with Crippen molar-refractivity contribution in [2.24, 2.45) is 11.8 Å². The van der Waals surface area contributed by atoms with Gasteiger partial charge in [0.15, 0.2) is 0 Å². The van der Waals surface area contributed by atoms with E-state index in [0.29, 0.717) is 23.8 Å². The fraction of sp³-hybridized carbons (Fsp3) is 0.500. The third kappa shape index (κ3) is 4.05. The normalized spacial score (nSPS) is 16.1. The van der Waals surface area contributed by atoms with Crippen molar-refractivity contribution < 1.29 is 9.53 Å². The molecule has 0 unspecified atom stereocenters. The number of amides is 1. The van der Waals surface area contributed by atoms with Gasteiger partial charge in [0, 0.05) is 25.3 Å². The lowest BCUT2D eigenvalue weighted by Crippen LogP contribution is -2.32. The lowest BCUT2D eigenvalue weighted by molar-refractivity contribution is 0.0642. The van der Waals surface area contributed by atoms with E-state index in [1.807, 2.05) is 0 Å². The molecule has 1 saturated heterocycles. The second kappa shape index (κ2) is 6.70. The Morgan fingerprint density at radius 1 is 1.47 bits per heavy atom. The Bertz CT molecular complexity index is 449.